The van der Waals surface area contributed by atoms with Crippen molar-refractivity contribution < 1.29 is 5.11 Å². The third-order valence-corrected chi connectivity index (χ3v) is 3.31. The summed E-state index contributed by atoms with van der Waals surface area (Å²) in [6, 6.07) is 0. The molecule has 64 valence electrons. The lowest BCUT2D eigenvalue weighted by Gasteiger charge is -2.21. The summed E-state index contributed by atoms with van der Waals surface area (Å²) in [5, 5.41) is 9.42. The van der Waals surface area contributed by atoms with E-state index >= 15 is 0 Å². The quantitative estimate of drug-likeness (QED) is 0.560. The minimum absolute atomic E-state index is 0.00139. The highest BCUT2D eigenvalue weighted by atomic mass is 16.3. The number of nitrogens with zero attached hydrogens (tertiary/aromatic N) is 1. The van der Waals surface area contributed by atoms with Gasteiger partial charge in [0.2, 0.25) is 0 Å². The Morgan fingerprint density at radius 1 is 1.45 bits per heavy atom. The first-order valence-corrected chi connectivity index (χ1v) is 4.57. The smallest absolute Gasteiger partial charge is 0.0546 e. The second kappa shape index (κ2) is 2.46. The van der Waals surface area contributed by atoms with Crippen LogP contribution in [0.4, 0.5) is 0 Å². The highest BCUT2D eigenvalue weighted by Crippen LogP contribution is 2.44. The molecule has 11 heavy (non-hydrogen) atoms. The molecular weight excluding hydrogens is 138 g/mol. The van der Waals surface area contributed by atoms with Gasteiger partial charge in [0.15, 0.2) is 0 Å². The van der Waals surface area contributed by atoms with E-state index in [9.17, 15) is 5.11 Å². The van der Waals surface area contributed by atoms with E-state index in [1.165, 1.54) is 25.9 Å². The number of aliphatic hydroxyl groups excluding tert-OH is 1. The van der Waals surface area contributed by atoms with Gasteiger partial charge in [-0.05, 0) is 44.7 Å². The van der Waals surface area contributed by atoms with E-state index < -0.39 is 0 Å². The van der Waals surface area contributed by atoms with E-state index in [0.29, 0.717) is 5.41 Å². The molecule has 2 atom stereocenters. The molecule has 2 fully saturated rings. The lowest BCUT2D eigenvalue weighted by molar-refractivity contribution is 0.160. The number of hydrogen-bond acceptors (Lipinski definition) is 2. The summed E-state index contributed by atoms with van der Waals surface area (Å²) in [7, 11) is 2.18. The van der Waals surface area contributed by atoms with Gasteiger partial charge in [-0.1, -0.05) is 0 Å². The number of likely N-dealkylation sites (tertiary alicyclic amines) is 1. The third-order valence-electron chi connectivity index (χ3n) is 3.31. The van der Waals surface area contributed by atoms with Crippen molar-refractivity contribution in [2.24, 2.45) is 5.41 Å². The van der Waals surface area contributed by atoms with Crippen LogP contribution in [0, 0.1) is 5.41 Å². The molecule has 0 bridgehead atoms. The maximum atomic E-state index is 9.42. The number of hydrogen-bond donors (Lipinski definition) is 1. The monoisotopic (exact) mass is 155 g/mol. The van der Waals surface area contributed by atoms with Crippen LogP contribution in [0.1, 0.15) is 25.7 Å². The molecule has 1 spiro atoms. The van der Waals surface area contributed by atoms with Crippen LogP contribution in [-0.4, -0.2) is 36.2 Å². The van der Waals surface area contributed by atoms with E-state index in [1.807, 2.05) is 0 Å². The van der Waals surface area contributed by atoms with Crippen molar-refractivity contribution >= 4 is 0 Å². The normalized spacial score (nSPS) is 45.8. The van der Waals surface area contributed by atoms with E-state index in [4.69, 9.17) is 0 Å². The maximum absolute atomic E-state index is 9.42. The first kappa shape index (κ1) is 7.56. The van der Waals surface area contributed by atoms with Crippen molar-refractivity contribution in [3.05, 3.63) is 0 Å². The average molecular weight is 155 g/mol. The average Bonchev–Trinajstić information content (AvgIpc) is 2.44. The fourth-order valence-electron chi connectivity index (χ4n) is 2.71. The Balaban J connectivity index is 2.02. The summed E-state index contributed by atoms with van der Waals surface area (Å²) in [5.41, 5.74) is 0.508. The number of rotatable bonds is 0. The molecule has 1 N–H and O–H groups in total. The fourth-order valence-corrected chi connectivity index (χ4v) is 2.71. The van der Waals surface area contributed by atoms with Gasteiger partial charge >= 0.3 is 0 Å². The molecule has 2 heteroatoms. The Morgan fingerprint density at radius 3 is 2.73 bits per heavy atom. The Labute approximate surface area is 68.2 Å². The van der Waals surface area contributed by atoms with Gasteiger partial charge in [-0.25, -0.2) is 0 Å². The van der Waals surface area contributed by atoms with Crippen LogP contribution in [0.5, 0.6) is 0 Å². The zero-order valence-electron chi connectivity index (χ0n) is 7.21. The molecule has 2 rings (SSSR count). The molecule has 2 nitrogen and oxygen atoms in total. The van der Waals surface area contributed by atoms with Gasteiger partial charge in [-0.3, -0.25) is 0 Å². The first-order chi connectivity index (χ1) is 5.20. The Morgan fingerprint density at radius 2 is 2.27 bits per heavy atom. The predicted octanol–water partition coefficient (Wildman–Crippen LogP) is 0.853. The van der Waals surface area contributed by atoms with E-state index in [0.717, 1.165) is 12.8 Å². The first-order valence-electron chi connectivity index (χ1n) is 4.57. The second-order valence-corrected chi connectivity index (χ2v) is 4.38. The Kier molecular flexibility index (Phi) is 1.69. The molecule has 0 amide bonds. The largest absolute Gasteiger partial charge is 0.393 e. The van der Waals surface area contributed by atoms with Crippen molar-refractivity contribution in [3.8, 4) is 0 Å². The molecule has 0 radical (unpaired) electrons. The summed E-state index contributed by atoms with van der Waals surface area (Å²) in [6.45, 7) is 2.44. The van der Waals surface area contributed by atoms with Crippen LogP contribution in [0.3, 0.4) is 0 Å². The maximum Gasteiger partial charge on any atom is 0.0546 e. The fraction of sp³-hybridized carbons (Fsp3) is 1.00. The van der Waals surface area contributed by atoms with E-state index in [1.54, 1.807) is 0 Å². The van der Waals surface area contributed by atoms with Crippen molar-refractivity contribution in [1.29, 1.82) is 0 Å². The zero-order chi connectivity index (χ0) is 7.90. The van der Waals surface area contributed by atoms with Gasteiger partial charge in [-0.2, -0.15) is 0 Å². The van der Waals surface area contributed by atoms with Gasteiger partial charge in [0.1, 0.15) is 0 Å². The van der Waals surface area contributed by atoms with Crippen LogP contribution in [0.25, 0.3) is 0 Å². The van der Waals surface area contributed by atoms with Crippen molar-refractivity contribution in [3.63, 3.8) is 0 Å². The van der Waals surface area contributed by atoms with Gasteiger partial charge < -0.3 is 10.0 Å². The molecule has 1 aliphatic carbocycles. The van der Waals surface area contributed by atoms with Crippen LogP contribution in [0.15, 0.2) is 0 Å². The van der Waals surface area contributed by atoms with Crippen molar-refractivity contribution in [1.82, 2.24) is 4.90 Å². The molecule has 0 aromatic rings. The van der Waals surface area contributed by atoms with Crippen LogP contribution < -0.4 is 0 Å². The number of aliphatic hydroxyl groups is 1. The highest BCUT2D eigenvalue weighted by Gasteiger charge is 2.42. The summed E-state index contributed by atoms with van der Waals surface area (Å²) in [6.07, 6.45) is 4.64. The minimum atomic E-state index is 0.00139. The molecule has 2 unspecified atom stereocenters. The lowest BCUT2D eigenvalue weighted by Crippen LogP contribution is -2.22. The van der Waals surface area contributed by atoms with E-state index in [2.05, 4.69) is 11.9 Å². The Hall–Kier alpha value is -0.0800. The van der Waals surface area contributed by atoms with Crippen molar-refractivity contribution in [2.45, 2.75) is 31.8 Å². The van der Waals surface area contributed by atoms with Gasteiger partial charge in [0.25, 0.3) is 0 Å². The standard InChI is InChI=1S/C9H17NO/c1-10-5-4-9(7-10)3-2-8(11)6-9/h8,11H,2-7H2,1H3. The van der Waals surface area contributed by atoms with Crippen LogP contribution in [-0.2, 0) is 0 Å². The minimum Gasteiger partial charge on any atom is -0.393 e. The molecule has 1 heterocycles. The molecule has 1 saturated heterocycles. The van der Waals surface area contributed by atoms with Gasteiger partial charge in [-0.15, -0.1) is 0 Å². The second-order valence-electron chi connectivity index (χ2n) is 4.38. The molecule has 2 aliphatic rings. The predicted molar refractivity (Wildman–Crippen MR) is 44.4 cm³/mol. The van der Waals surface area contributed by atoms with Crippen molar-refractivity contribution in [2.75, 3.05) is 20.1 Å². The van der Waals surface area contributed by atoms with Crippen LogP contribution >= 0.6 is 0 Å². The molecule has 1 aliphatic heterocycles. The molecule has 1 saturated carbocycles. The van der Waals surface area contributed by atoms with Gasteiger partial charge in [0.05, 0.1) is 6.10 Å². The van der Waals surface area contributed by atoms with Gasteiger partial charge in [0, 0.05) is 6.54 Å². The summed E-state index contributed by atoms with van der Waals surface area (Å²) < 4.78 is 0. The third kappa shape index (κ3) is 1.30. The SMILES string of the molecule is CN1CCC2(CCC(O)C2)C1. The summed E-state index contributed by atoms with van der Waals surface area (Å²) >= 11 is 0. The lowest BCUT2D eigenvalue weighted by atomic mass is 9.85. The summed E-state index contributed by atoms with van der Waals surface area (Å²) in [5.74, 6) is 0. The summed E-state index contributed by atoms with van der Waals surface area (Å²) in [4.78, 5) is 2.39. The van der Waals surface area contributed by atoms with Crippen LogP contribution in [0.2, 0.25) is 0 Å². The molecular formula is C9H17NO. The highest BCUT2D eigenvalue weighted by molar-refractivity contribution is 4.95. The van der Waals surface area contributed by atoms with E-state index in [-0.39, 0.29) is 6.10 Å². The molecule has 0 aromatic carbocycles. The Bertz CT molecular complexity index is 140. The molecule has 0 aromatic heterocycles. The zero-order valence-corrected chi connectivity index (χ0v) is 7.21. The topological polar surface area (TPSA) is 23.5 Å².